The molecule has 0 radical (unpaired) electrons. The Kier molecular flexibility index (Phi) is 4.03. The van der Waals surface area contributed by atoms with Crippen LogP contribution in [0.1, 0.15) is 11.1 Å². The molecule has 1 nitrogen and oxygen atoms in total. The summed E-state index contributed by atoms with van der Waals surface area (Å²) in [6.45, 7) is 1.99. The Labute approximate surface area is 110 Å². The number of hydrogen-bond donors (Lipinski definition) is 1. The van der Waals surface area contributed by atoms with Crippen molar-refractivity contribution in [2.45, 2.75) is 10.3 Å². The summed E-state index contributed by atoms with van der Waals surface area (Å²) in [5, 5.41) is 9.67. The molecule has 0 aliphatic rings. The van der Waals surface area contributed by atoms with Gasteiger partial charge in [0.2, 0.25) is 3.42 Å². The quantitative estimate of drug-likeness (QED) is 0.645. The fourth-order valence-corrected chi connectivity index (χ4v) is 3.15. The number of aryl methyl sites for hydroxylation is 1. The zero-order chi connectivity index (χ0) is 10.2. The summed E-state index contributed by atoms with van der Waals surface area (Å²) in [4.78, 5) is 0. The molecule has 0 amide bonds. The molecule has 13 heavy (non-hydrogen) atoms. The van der Waals surface area contributed by atoms with Gasteiger partial charge in [0.05, 0.1) is 0 Å². The summed E-state index contributed by atoms with van der Waals surface area (Å²) >= 11 is 13.1. The molecule has 1 aromatic rings. The molecule has 0 atom stereocenters. The number of hydrogen-bond acceptors (Lipinski definition) is 1. The van der Waals surface area contributed by atoms with Crippen LogP contribution in [-0.2, 0) is 3.42 Å². The van der Waals surface area contributed by atoms with Gasteiger partial charge in [0.1, 0.15) is 0 Å². The van der Waals surface area contributed by atoms with Gasteiger partial charge in [-0.25, -0.2) is 0 Å². The molecular formula is C8H6Br4O. The lowest BCUT2D eigenvalue weighted by Crippen LogP contribution is -2.08. The van der Waals surface area contributed by atoms with Crippen LogP contribution in [0.15, 0.2) is 21.1 Å². The van der Waals surface area contributed by atoms with Crippen LogP contribution >= 0.6 is 63.7 Å². The van der Waals surface area contributed by atoms with Crippen LogP contribution in [0.3, 0.4) is 0 Å². The Morgan fingerprint density at radius 2 is 1.69 bits per heavy atom. The van der Waals surface area contributed by atoms with Crippen molar-refractivity contribution in [1.29, 1.82) is 0 Å². The van der Waals surface area contributed by atoms with E-state index in [1.165, 1.54) is 0 Å². The standard InChI is InChI=1S/C8H6Br4O/c1-4-2-3-5(8(11,12)13)7(10)6(4)9/h2-3,13H,1H3. The summed E-state index contributed by atoms with van der Waals surface area (Å²) in [5.41, 5.74) is 1.84. The second kappa shape index (κ2) is 4.31. The lowest BCUT2D eigenvalue weighted by atomic mass is 10.2. The van der Waals surface area contributed by atoms with Crippen molar-refractivity contribution in [1.82, 2.24) is 0 Å². The number of rotatable bonds is 1. The summed E-state index contributed by atoms with van der Waals surface area (Å²) in [7, 11) is 0. The van der Waals surface area contributed by atoms with Gasteiger partial charge >= 0.3 is 0 Å². The van der Waals surface area contributed by atoms with Gasteiger partial charge in [-0.15, -0.1) is 0 Å². The molecule has 0 heterocycles. The molecule has 0 aromatic heterocycles. The Bertz CT molecular complexity index is 330. The van der Waals surface area contributed by atoms with Crippen molar-refractivity contribution >= 4 is 63.7 Å². The molecule has 0 unspecified atom stereocenters. The topological polar surface area (TPSA) is 20.2 Å². The van der Waals surface area contributed by atoms with E-state index in [1.807, 2.05) is 19.1 Å². The Balaban J connectivity index is 3.35. The monoisotopic (exact) mass is 434 g/mol. The molecule has 1 aromatic carbocycles. The molecule has 0 fully saturated rings. The molecule has 0 aliphatic carbocycles. The fraction of sp³-hybridized carbons (Fsp3) is 0.250. The maximum Gasteiger partial charge on any atom is 0.202 e. The second-order valence-corrected chi connectivity index (χ2v) is 7.54. The predicted octanol–water partition coefficient (Wildman–Crippen LogP) is 4.41. The van der Waals surface area contributed by atoms with Crippen LogP contribution in [0.5, 0.6) is 0 Å². The van der Waals surface area contributed by atoms with Crippen LogP contribution in [0.2, 0.25) is 0 Å². The highest BCUT2D eigenvalue weighted by Gasteiger charge is 2.25. The van der Waals surface area contributed by atoms with Crippen LogP contribution in [0.25, 0.3) is 0 Å². The molecule has 0 spiro atoms. The Morgan fingerprint density at radius 1 is 1.15 bits per heavy atom. The van der Waals surface area contributed by atoms with Gasteiger partial charge in [-0.05, 0) is 76.2 Å². The van der Waals surface area contributed by atoms with Crippen molar-refractivity contribution < 1.29 is 5.11 Å². The van der Waals surface area contributed by atoms with E-state index in [0.29, 0.717) is 0 Å². The highest BCUT2D eigenvalue weighted by Crippen LogP contribution is 2.42. The Morgan fingerprint density at radius 3 is 2.15 bits per heavy atom. The summed E-state index contributed by atoms with van der Waals surface area (Å²) in [5.74, 6) is 0. The van der Waals surface area contributed by atoms with Crippen molar-refractivity contribution in [2.75, 3.05) is 0 Å². The van der Waals surface area contributed by atoms with E-state index >= 15 is 0 Å². The van der Waals surface area contributed by atoms with Crippen LogP contribution in [0.4, 0.5) is 0 Å². The third kappa shape index (κ3) is 2.78. The molecule has 0 saturated heterocycles. The van der Waals surface area contributed by atoms with Crippen molar-refractivity contribution in [3.63, 3.8) is 0 Å². The summed E-state index contributed by atoms with van der Waals surface area (Å²) in [6, 6.07) is 3.77. The van der Waals surface area contributed by atoms with Gasteiger partial charge in [0.25, 0.3) is 0 Å². The normalized spacial score (nSPS) is 11.8. The van der Waals surface area contributed by atoms with E-state index in [1.54, 1.807) is 0 Å². The molecule has 1 rings (SSSR count). The third-order valence-electron chi connectivity index (χ3n) is 1.60. The van der Waals surface area contributed by atoms with E-state index in [0.717, 1.165) is 20.1 Å². The molecule has 1 N–H and O–H groups in total. The van der Waals surface area contributed by atoms with Crippen LogP contribution < -0.4 is 0 Å². The maximum absolute atomic E-state index is 9.67. The summed E-state index contributed by atoms with van der Waals surface area (Å²) < 4.78 is 0.598. The van der Waals surface area contributed by atoms with Gasteiger partial charge in [-0.2, -0.15) is 0 Å². The molecule has 72 valence electrons. The van der Waals surface area contributed by atoms with Crippen LogP contribution in [-0.4, -0.2) is 5.11 Å². The van der Waals surface area contributed by atoms with E-state index in [-0.39, 0.29) is 0 Å². The van der Waals surface area contributed by atoms with Crippen LogP contribution in [0, 0.1) is 6.92 Å². The van der Waals surface area contributed by atoms with Gasteiger partial charge in [-0.3, -0.25) is 0 Å². The highest BCUT2D eigenvalue weighted by atomic mass is 79.9. The smallest absolute Gasteiger partial charge is 0.202 e. The Hall–Kier alpha value is 1.10. The molecule has 5 heteroatoms. The average Bonchev–Trinajstić information content (AvgIpc) is 1.98. The zero-order valence-electron chi connectivity index (χ0n) is 6.61. The molecule has 0 saturated carbocycles. The maximum atomic E-state index is 9.67. The van der Waals surface area contributed by atoms with Crippen molar-refractivity contribution in [3.05, 3.63) is 32.2 Å². The number of alkyl halides is 2. The van der Waals surface area contributed by atoms with E-state index in [4.69, 9.17) is 0 Å². The lowest BCUT2D eigenvalue weighted by Gasteiger charge is -2.17. The fourth-order valence-electron chi connectivity index (χ4n) is 0.878. The molecule has 0 aliphatic heterocycles. The van der Waals surface area contributed by atoms with Gasteiger partial charge in [0, 0.05) is 14.5 Å². The number of benzene rings is 1. The zero-order valence-corrected chi connectivity index (χ0v) is 13.0. The van der Waals surface area contributed by atoms with Crippen molar-refractivity contribution in [2.24, 2.45) is 0 Å². The van der Waals surface area contributed by atoms with Crippen molar-refractivity contribution in [3.8, 4) is 0 Å². The van der Waals surface area contributed by atoms with E-state index in [9.17, 15) is 5.11 Å². The predicted molar refractivity (Wildman–Crippen MR) is 68.3 cm³/mol. The first-order chi connectivity index (χ1) is 5.84. The third-order valence-corrected chi connectivity index (χ3v) is 4.83. The van der Waals surface area contributed by atoms with Gasteiger partial charge in [0.15, 0.2) is 0 Å². The number of aliphatic hydroxyl groups is 1. The first kappa shape index (κ1) is 12.2. The van der Waals surface area contributed by atoms with E-state index < -0.39 is 3.42 Å². The first-order valence-electron chi connectivity index (χ1n) is 3.39. The minimum atomic E-state index is -1.19. The average molecular weight is 438 g/mol. The summed E-state index contributed by atoms with van der Waals surface area (Å²) in [6.07, 6.45) is 0. The van der Waals surface area contributed by atoms with Gasteiger partial charge < -0.3 is 5.11 Å². The van der Waals surface area contributed by atoms with Gasteiger partial charge in [-0.1, -0.05) is 12.1 Å². The minimum absolute atomic E-state index is 0.727. The lowest BCUT2D eigenvalue weighted by molar-refractivity contribution is 0.248. The largest absolute Gasteiger partial charge is 0.366 e. The minimum Gasteiger partial charge on any atom is -0.366 e. The second-order valence-electron chi connectivity index (χ2n) is 2.60. The highest BCUT2D eigenvalue weighted by molar-refractivity contribution is 9.24. The van der Waals surface area contributed by atoms with E-state index in [2.05, 4.69) is 63.7 Å². The first-order valence-corrected chi connectivity index (χ1v) is 6.56. The number of halogens is 4. The SMILES string of the molecule is Cc1ccc(C(O)(Br)Br)c(Br)c1Br. The molecular weight excluding hydrogens is 432 g/mol. The molecule has 0 bridgehead atoms.